The Balaban J connectivity index is 1.92. The van der Waals surface area contributed by atoms with Crippen LogP contribution in [0.3, 0.4) is 0 Å². The molecule has 4 unspecified atom stereocenters. The minimum atomic E-state index is -0.556. The number of fused-ring (bicyclic) bond motifs is 1. The summed E-state index contributed by atoms with van der Waals surface area (Å²) in [5, 5.41) is 0. The number of allylic oxidation sites excluding steroid dienone is 1. The highest BCUT2D eigenvalue weighted by Crippen LogP contribution is 2.45. The van der Waals surface area contributed by atoms with Crippen LogP contribution in [0.4, 0.5) is 0 Å². The van der Waals surface area contributed by atoms with Crippen molar-refractivity contribution in [1.82, 2.24) is 0 Å². The molecule has 0 spiro atoms. The average molecular weight is 306 g/mol. The van der Waals surface area contributed by atoms with Gasteiger partial charge in [0, 0.05) is 0 Å². The number of carbonyl (C=O) groups is 4. The molecule has 6 heteroatoms. The predicted octanol–water partition coefficient (Wildman–Crippen LogP) is 1.38. The summed E-state index contributed by atoms with van der Waals surface area (Å²) in [5.41, 5.74) is 0.847. The number of ether oxygens (including phenoxy) is 2. The van der Waals surface area contributed by atoms with Crippen molar-refractivity contribution in [1.29, 1.82) is 0 Å². The van der Waals surface area contributed by atoms with Crippen LogP contribution in [0, 0.1) is 29.6 Å². The molecule has 6 nitrogen and oxygen atoms in total. The van der Waals surface area contributed by atoms with Crippen molar-refractivity contribution in [3.8, 4) is 0 Å². The maximum Gasteiger partial charge on any atom is 0.321 e. The molecular weight excluding hydrogens is 288 g/mol. The lowest BCUT2D eigenvalue weighted by atomic mass is 9.70. The van der Waals surface area contributed by atoms with E-state index in [9.17, 15) is 19.2 Å². The van der Waals surface area contributed by atoms with E-state index in [-0.39, 0.29) is 12.3 Å². The Bertz CT molecular complexity index is 587. The Hall–Kier alpha value is -1.98. The van der Waals surface area contributed by atoms with Crippen LogP contribution in [0.5, 0.6) is 0 Å². The Kier molecular flexibility index (Phi) is 3.62. The summed E-state index contributed by atoms with van der Waals surface area (Å²) in [5.74, 6) is -3.65. The van der Waals surface area contributed by atoms with Gasteiger partial charge in [-0.2, -0.15) is 0 Å². The Morgan fingerprint density at radius 1 is 1.05 bits per heavy atom. The third-order valence-electron chi connectivity index (χ3n) is 4.58. The fourth-order valence-corrected chi connectivity index (χ4v) is 3.69. The number of hydrogen-bond donors (Lipinski definition) is 0. The highest BCUT2D eigenvalue weighted by Gasteiger charge is 2.51. The number of carbonyl (C=O) groups excluding carboxylic acids is 4. The van der Waals surface area contributed by atoms with E-state index in [4.69, 9.17) is 4.74 Å². The first-order valence-corrected chi connectivity index (χ1v) is 7.57. The molecule has 0 radical (unpaired) electrons. The van der Waals surface area contributed by atoms with Crippen molar-refractivity contribution in [3.05, 3.63) is 11.6 Å². The highest BCUT2D eigenvalue weighted by molar-refractivity contribution is 5.99. The molecule has 118 valence electrons. The molecular formula is C16H18O6. The number of cyclic esters (lactones) is 4. The van der Waals surface area contributed by atoms with Crippen LogP contribution in [-0.2, 0) is 28.7 Å². The monoisotopic (exact) mass is 306 g/mol. The molecule has 0 N–H and O–H groups in total. The van der Waals surface area contributed by atoms with Crippen LogP contribution in [0.1, 0.15) is 33.1 Å². The number of rotatable bonds is 3. The predicted molar refractivity (Wildman–Crippen MR) is 72.9 cm³/mol. The van der Waals surface area contributed by atoms with Gasteiger partial charge in [-0.25, -0.2) is 0 Å². The van der Waals surface area contributed by atoms with Gasteiger partial charge in [0.15, 0.2) is 0 Å². The van der Waals surface area contributed by atoms with Gasteiger partial charge in [-0.1, -0.05) is 25.5 Å². The van der Waals surface area contributed by atoms with E-state index in [2.05, 4.69) is 4.74 Å². The van der Waals surface area contributed by atoms with Crippen molar-refractivity contribution in [2.75, 3.05) is 0 Å². The minimum Gasteiger partial charge on any atom is -0.393 e. The zero-order valence-corrected chi connectivity index (χ0v) is 12.5. The minimum absolute atomic E-state index is 0.0370. The van der Waals surface area contributed by atoms with Crippen LogP contribution in [-0.4, -0.2) is 23.9 Å². The Morgan fingerprint density at radius 2 is 1.73 bits per heavy atom. The van der Waals surface area contributed by atoms with Gasteiger partial charge in [0.1, 0.15) is 0 Å². The van der Waals surface area contributed by atoms with Crippen molar-refractivity contribution in [2.24, 2.45) is 29.6 Å². The molecule has 3 aliphatic rings. The standard InChI is InChI=1S/C16H18O6/c1-7(2)3-9-4-8(10-6-12(17)21-14(10)18)5-11-13(9)16(20)22-15(11)19/h4,7-8,10-11,13H,3,5-6H2,1-2H3. The molecule has 0 saturated carbocycles. The summed E-state index contributed by atoms with van der Waals surface area (Å²) in [6.07, 6.45) is 2.94. The van der Waals surface area contributed by atoms with Gasteiger partial charge in [-0.3, -0.25) is 19.2 Å². The summed E-state index contributed by atoms with van der Waals surface area (Å²) in [6.45, 7) is 4.05. The van der Waals surface area contributed by atoms with Gasteiger partial charge in [-0.05, 0) is 24.7 Å². The topological polar surface area (TPSA) is 86.7 Å². The van der Waals surface area contributed by atoms with Crippen molar-refractivity contribution < 1.29 is 28.7 Å². The van der Waals surface area contributed by atoms with Gasteiger partial charge in [0.25, 0.3) is 0 Å². The molecule has 4 atom stereocenters. The van der Waals surface area contributed by atoms with Crippen LogP contribution in [0.15, 0.2) is 11.6 Å². The molecule has 2 heterocycles. The average Bonchev–Trinajstić information content (AvgIpc) is 2.89. The molecule has 0 bridgehead atoms. The normalized spacial score (nSPS) is 34.6. The molecule has 0 amide bonds. The van der Waals surface area contributed by atoms with E-state index in [1.807, 2.05) is 19.9 Å². The fourth-order valence-electron chi connectivity index (χ4n) is 3.69. The zero-order valence-electron chi connectivity index (χ0n) is 12.5. The number of esters is 4. The smallest absolute Gasteiger partial charge is 0.321 e. The number of hydrogen-bond acceptors (Lipinski definition) is 6. The van der Waals surface area contributed by atoms with E-state index in [0.29, 0.717) is 18.8 Å². The van der Waals surface area contributed by atoms with E-state index < -0.39 is 41.6 Å². The molecule has 3 rings (SSSR count). The third kappa shape index (κ3) is 2.46. The summed E-state index contributed by atoms with van der Waals surface area (Å²) in [4.78, 5) is 46.9. The SMILES string of the molecule is CC(C)CC1=CC(C2CC(=O)OC2=O)CC2C(=O)OC(=O)C12. The van der Waals surface area contributed by atoms with Crippen LogP contribution in [0.25, 0.3) is 0 Å². The van der Waals surface area contributed by atoms with E-state index in [1.165, 1.54) is 0 Å². The van der Waals surface area contributed by atoms with Crippen LogP contribution >= 0.6 is 0 Å². The van der Waals surface area contributed by atoms with E-state index in [1.54, 1.807) is 0 Å². The maximum absolute atomic E-state index is 11.9. The molecule has 0 aromatic rings. The second-order valence-corrected chi connectivity index (χ2v) is 6.67. The molecule has 2 saturated heterocycles. The van der Waals surface area contributed by atoms with Crippen LogP contribution in [0.2, 0.25) is 0 Å². The first-order valence-electron chi connectivity index (χ1n) is 7.57. The lowest BCUT2D eigenvalue weighted by molar-refractivity contribution is -0.155. The second-order valence-electron chi connectivity index (χ2n) is 6.67. The van der Waals surface area contributed by atoms with Crippen molar-refractivity contribution in [2.45, 2.75) is 33.1 Å². The highest BCUT2D eigenvalue weighted by atomic mass is 16.6. The van der Waals surface area contributed by atoms with Gasteiger partial charge in [-0.15, -0.1) is 0 Å². The Labute approximate surface area is 127 Å². The quantitative estimate of drug-likeness (QED) is 0.445. The summed E-state index contributed by atoms with van der Waals surface area (Å²) >= 11 is 0. The summed E-state index contributed by atoms with van der Waals surface area (Å²) < 4.78 is 9.39. The second kappa shape index (κ2) is 5.34. The molecule has 0 aromatic carbocycles. The van der Waals surface area contributed by atoms with E-state index >= 15 is 0 Å². The lowest BCUT2D eigenvalue weighted by Crippen LogP contribution is -2.32. The van der Waals surface area contributed by atoms with E-state index in [0.717, 1.165) is 5.57 Å². The fraction of sp³-hybridized carbons (Fsp3) is 0.625. The van der Waals surface area contributed by atoms with Gasteiger partial charge < -0.3 is 9.47 Å². The van der Waals surface area contributed by atoms with Gasteiger partial charge in [0.05, 0.1) is 24.2 Å². The summed E-state index contributed by atoms with van der Waals surface area (Å²) in [7, 11) is 0. The van der Waals surface area contributed by atoms with Gasteiger partial charge >= 0.3 is 23.9 Å². The first-order chi connectivity index (χ1) is 10.4. The third-order valence-corrected chi connectivity index (χ3v) is 4.58. The van der Waals surface area contributed by atoms with Crippen molar-refractivity contribution >= 4 is 23.9 Å². The maximum atomic E-state index is 11.9. The van der Waals surface area contributed by atoms with Crippen LogP contribution < -0.4 is 0 Å². The Morgan fingerprint density at radius 3 is 2.32 bits per heavy atom. The molecule has 0 aromatic heterocycles. The first kappa shape index (κ1) is 14.9. The molecule has 22 heavy (non-hydrogen) atoms. The molecule has 2 fully saturated rings. The molecule has 1 aliphatic carbocycles. The molecule has 2 aliphatic heterocycles. The lowest BCUT2D eigenvalue weighted by Gasteiger charge is -2.30. The largest absolute Gasteiger partial charge is 0.393 e. The summed E-state index contributed by atoms with van der Waals surface area (Å²) in [6, 6.07) is 0. The zero-order chi connectivity index (χ0) is 16.0. The van der Waals surface area contributed by atoms with Gasteiger partial charge in [0.2, 0.25) is 0 Å². The van der Waals surface area contributed by atoms with Crippen molar-refractivity contribution in [3.63, 3.8) is 0 Å².